The van der Waals surface area contributed by atoms with Gasteiger partial charge < -0.3 is 49.6 Å². The van der Waals surface area contributed by atoms with Gasteiger partial charge in [0.2, 0.25) is 5.79 Å². The Hall–Kier alpha value is -1.91. The number of nitrogens with zero attached hydrogens (tertiary/aromatic N) is 1. The van der Waals surface area contributed by atoms with Crippen LogP contribution in [0.4, 0.5) is 0 Å². The van der Waals surface area contributed by atoms with Crippen molar-refractivity contribution < 1.29 is 64.0 Å². The van der Waals surface area contributed by atoms with Gasteiger partial charge in [-0.25, -0.2) is 4.79 Å². The molecule has 53 heavy (non-hydrogen) atoms. The van der Waals surface area contributed by atoms with Gasteiger partial charge in [-0.2, -0.15) is 0 Å². The Morgan fingerprint density at radius 2 is 1.72 bits per heavy atom. The van der Waals surface area contributed by atoms with E-state index < -0.39 is 118 Å². The number of rotatable bonds is 7. The van der Waals surface area contributed by atoms with E-state index in [0.29, 0.717) is 25.3 Å². The van der Waals surface area contributed by atoms with Crippen LogP contribution in [0, 0.1) is 46.8 Å². The fraction of sp³-hybridized carbons (Fsp3) is 0.923. The van der Waals surface area contributed by atoms with Gasteiger partial charge in [0, 0.05) is 49.2 Å². The normalized spacial score (nSPS) is 52.1. The van der Waals surface area contributed by atoms with Gasteiger partial charge in [-0.3, -0.25) is 14.5 Å². The van der Waals surface area contributed by atoms with Crippen molar-refractivity contribution in [2.45, 2.75) is 165 Å². The molecule has 300 valence electrons. The topological polar surface area (TPSA) is 213 Å². The number of esters is 3. The van der Waals surface area contributed by atoms with Gasteiger partial charge in [0.15, 0.2) is 17.8 Å². The molecule has 14 nitrogen and oxygen atoms in total. The van der Waals surface area contributed by atoms with Crippen molar-refractivity contribution in [3.63, 3.8) is 0 Å². The van der Waals surface area contributed by atoms with E-state index in [1.165, 1.54) is 13.8 Å². The van der Waals surface area contributed by atoms with E-state index in [2.05, 4.69) is 11.8 Å². The summed E-state index contributed by atoms with van der Waals surface area (Å²) >= 11 is 0. The first-order valence-electron chi connectivity index (χ1n) is 19.8. The highest BCUT2D eigenvalue weighted by atomic mass is 16.7. The van der Waals surface area contributed by atoms with Crippen LogP contribution in [0.25, 0.3) is 0 Å². The molecule has 6 N–H and O–H groups in total. The average Bonchev–Trinajstić information content (AvgIpc) is 3.35. The van der Waals surface area contributed by atoms with Crippen molar-refractivity contribution in [2.75, 3.05) is 13.1 Å². The van der Waals surface area contributed by atoms with Crippen molar-refractivity contribution in [1.82, 2.24) is 4.90 Å². The van der Waals surface area contributed by atoms with Gasteiger partial charge in [-0.05, 0) is 83.5 Å². The van der Waals surface area contributed by atoms with Crippen molar-refractivity contribution in [3.05, 3.63) is 0 Å². The molecule has 3 heterocycles. The predicted octanol–water partition coefficient (Wildman–Crippen LogP) is 1.04. The van der Waals surface area contributed by atoms with Crippen LogP contribution < -0.4 is 0 Å². The fourth-order valence-corrected chi connectivity index (χ4v) is 12.8. The minimum atomic E-state index is -2.26. The van der Waals surface area contributed by atoms with Gasteiger partial charge in [0.25, 0.3) is 0 Å². The highest BCUT2D eigenvalue weighted by molar-refractivity contribution is 5.80. The molecule has 0 unspecified atom stereocenters. The first-order valence-corrected chi connectivity index (χ1v) is 19.8. The summed E-state index contributed by atoms with van der Waals surface area (Å²) in [4.78, 5) is 40.9. The van der Waals surface area contributed by atoms with Gasteiger partial charge in [-0.1, -0.05) is 27.7 Å². The molecule has 3 aliphatic heterocycles. The van der Waals surface area contributed by atoms with Crippen molar-refractivity contribution >= 4 is 17.9 Å². The van der Waals surface area contributed by atoms with Crippen LogP contribution in [0.1, 0.15) is 100 Å². The molecule has 4 saturated carbocycles. The Labute approximate surface area is 311 Å². The minimum Gasteiger partial charge on any atom is -0.459 e. The summed E-state index contributed by atoms with van der Waals surface area (Å²) in [5, 5.41) is 74.2. The lowest BCUT2D eigenvalue weighted by Crippen LogP contribution is -2.77. The van der Waals surface area contributed by atoms with E-state index in [-0.39, 0.29) is 25.3 Å². The van der Waals surface area contributed by atoms with Crippen molar-refractivity contribution in [3.8, 4) is 0 Å². The van der Waals surface area contributed by atoms with Crippen LogP contribution in [-0.4, -0.2) is 131 Å². The van der Waals surface area contributed by atoms with E-state index in [0.717, 1.165) is 26.3 Å². The Morgan fingerprint density at radius 3 is 2.36 bits per heavy atom. The molecular formula is C39H61NO13. The maximum Gasteiger partial charge on any atom is 0.342 e. The second-order valence-electron chi connectivity index (χ2n) is 18.7. The van der Waals surface area contributed by atoms with Crippen molar-refractivity contribution in [2.24, 2.45) is 46.8 Å². The van der Waals surface area contributed by atoms with E-state index >= 15 is 0 Å². The van der Waals surface area contributed by atoms with Crippen LogP contribution in [0.5, 0.6) is 0 Å². The Morgan fingerprint density at radius 1 is 1.04 bits per heavy atom. The van der Waals surface area contributed by atoms with E-state index in [9.17, 15) is 45.0 Å². The summed E-state index contributed by atoms with van der Waals surface area (Å²) in [5.41, 5.74) is -7.99. The summed E-state index contributed by atoms with van der Waals surface area (Å²) in [6, 6.07) is -0.250. The van der Waals surface area contributed by atoms with Crippen LogP contribution >= 0.6 is 0 Å². The lowest BCUT2D eigenvalue weighted by atomic mass is 9.49. The lowest BCUT2D eigenvalue weighted by molar-refractivity contribution is -0.300. The molecule has 3 saturated heterocycles. The molecule has 4 bridgehead atoms. The zero-order valence-electron chi connectivity index (χ0n) is 32.4. The third kappa shape index (κ3) is 5.21. The molecular weight excluding hydrogens is 690 g/mol. The lowest BCUT2D eigenvalue weighted by Gasteiger charge is -2.64. The highest BCUT2D eigenvalue weighted by Gasteiger charge is 2.87. The van der Waals surface area contributed by atoms with Crippen LogP contribution in [0.3, 0.4) is 0 Å². The second-order valence-corrected chi connectivity index (χ2v) is 18.7. The molecule has 0 aromatic rings. The Bertz CT molecular complexity index is 1500. The van der Waals surface area contributed by atoms with Gasteiger partial charge >= 0.3 is 17.9 Å². The molecule has 14 heteroatoms. The van der Waals surface area contributed by atoms with Gasteiger partial charge in [-0.15, -0.1) is 0 Å². The van der Waals surface area contributed by atoms with Gasteiger partial charge in [0.05, 0.1) is 29.3 Å². The molecule has 7 fully saturated rings. The Kier molecular flexibility index (Phi) is 9.31. The van der Waals surface area contributed by atoms with E-state index in [4.69, 9.17) is 18.9 Å². The number of hydrogen-bond acceptors (Lipinski definition) is 14. The predicted molar refractivity (Wildman–Crippen MR) is 185 cm³/mol. The third-order valence-electron chi connectivity index (χ3n) is 15.8. The molecule has 0 aromatic carbocycles. The minimum absolute atomic E-state index is 0.0532. The number of fused-ring (bicyclic) bond motifs is 5. The molecule has 7 rings (SSSR count). The largest absolute Gasteiger partial charge is 0.459 e. The zero-order valence-corrected chi connectivity index (χ0v) is 32.4. The fourth-order valence-electron chi connectivity index (χ4n) is 12.8. The zero-order chi connectivity index (χ0) is 39.0. The summed E-state index contributed by atoms with van der Waals surface area (Å²) in [5.74, 6) is -8.65. The molecule has 0 radical (unpaired) electrons. The summed E-state index contributed by atoms with van der Waals surface area (Å²) in [6.45, 7) is 14.3. The van der Waals surface area contributed by atoms with Crippen molar-refractivity contribution in [1.29, 1.82) is 0 Å². The summed E-state index contributed by atoms with van der Waals surface area (Å²) in [6.07, 6.45) is -4.16. The van der Waals surface area contributed by atoms with Crippen LogP contribution in [0.15, 0.2) is 0 Å². The molecule has 4 aliphatic carbocycles. The number of carbonyl (C=O) groups excluding carboxylic acids is 3. The molecule has 7 aliphatic rings. The molecule has 1 spiro atoms. The number of ether oxygens (including phenoxy) is 4. The number of hydrogen-bond donors (Lipinski definition) is 6. The number of aliphatic hydroxyl groups is 6. The van der Waals surface area contributed by atoms with Crippen LogP contribution in [-0.2, 0) is 33.3 Å². The first kappa shape index (κ1) is 39.3. The number of aliphatic hydroxyl groups excluding tert-OH is 2. The number of carbonyl (C=O) groups is 3. The van der Waals surface area contributed by atoms with Crippen LogP contribution in [0.2, 0.25) is 0 Å². The smallest absolute Gasteiger partial charge is 0.342 e. The summed E-state index contributed by atoms with van der Waals surface area (Å²) < 4.78 is 24.0. The number of piperidine rings is 2. The standard InChI is InChI=1S/C39H61NO13/c1-9-19(3)32(44)52-31-29(43)28-22(17-40-16-18(2)10-11-26(40)36(28,8)47)23-15-37-30(38(23,31)48)24(42)14-25-34(37,6)13-12-27(39(25,49)53-37)51-33(45)35(7,46)20(4)50-21(5)41/h18-20,22-31,42-43,46-49H,9-17H2,1-8H3/t18-,19+,20-,22-,23-,24+,25-,26-,27-,28+,29+,30+,31-,34-,35+,36+,37+,38-,39-/m0/s1. The third-order valence-corrected chi connectivity index (χ3v) is 15.8. The molecule has 0 aromatic heterocycles. The Balaban J connectivity index is 1.31. The highest BCUT2D eigenvalue weighted by Crippen LogP contribution is 2.77. The average molecular weight is 752 g/mol. The second kappa shape index (κ2) is 12.5. The maximum atomic E-state index is 13.6. The van der Waals surface area contributed by atoms with E-state index in [1.807, 2.05) is 13.8 Å². The van der Waals surface area contributed by atoms with Gasteiger partial charge in [0.1, 0.15) is 11.7 Å². The monoisotopic (exact) mass is 751 g/mol. The molecule has 0 amide bonds. The maximum absolute atomic E-state index is 13.6. The SMILES string of the molecule is CC[C@@H](C)C(=O)O[C@H]1[C@H](O)[C@H]2[C@@H](CN3C[C@@H](C)CC[C@H]3[C@@]2(C)O)[C@@H]2C[C@]34O[C@]5(O)[C@@H](OC(=O)[C@](C)(O)[C@H](C)OC(C)=O)CC[C@@]3(C)[C@@H]5C[C@@H](O)[C@H]4[C@@]21O. The molecule has 19 atom stereocenters. The van der Waals surface area contributed by atoms with E-state index in [1.54, 1.807) is 13.8 Å². The quantitative estimate of drug-likeness (QED) is 0.159. The first-order chi connectivity index (χ1) is 24.5. The summed E-state index contributed by atoms with van der Waals surface area (Å²) in [7, 11) is 0.